The first-order valence-corrected chi connectivity index (χ1v) is 7.66. The van der Waals surface area contributed by atoms with E-state index in [0.717, 1.165) is 16.7 Å². The Morgan fingerprint density at radius 2 is 1.88 bits per heavy atom. The highest BCUT2D eigenvalue weighted by molar-refractivity contribution is 5.91. The van der Waals surface area contributed by atoms with Gasteiger partial charge in [0.2, 0.25) is 0 Å². The summed E-state index contributed by atoms with van der Waals surface area (Å²) in [5.41, 5.74) is 3.40. The topological polar surface area (TPSA) is 64.6 Å². The Bertz CT molecular complexity index is 712. The summed E-state index contributed by atoms with van der Waals surface area (Å²) in [6, 6.07) is 14.7. The van der Waals surface area contributed by atoms with Crippen LogP contribution in [0.25, 0.3) is 0 Å². The Morgan fingerprint density at radius 1 is 1.08 bits per heavy atom. The van der Waals surface area contributed by atoms with E-state index in [4.69, 9.17) is 9.47 Å². The predicted molar refractivity (Wildman–Crippen MR) is 90.5 cm³/mol. The van der Waals surface area contributed by atoms with Crippen LogP contribution in [-0.4, -0.2) is 25.6 Å². The van der Waals surface area contributed by atoms with Crippen molar-refractivity contribution >= 4 is 11.9 Å². The van der Waals surface area contributed by atoms with Crippen LogP contribution >= 0.6 is 0 Å². The van der Waals surface area contributed by atoms with Gasteiger partial charge in [0.15, 0.2) is 6.61 Å². The predicted octanol–water partition coefficient (Wildman–Crippen LogP) is 2.61. The fourth-order valence-electron chi connectivity index (χ4n) is 2.22. The fraction of sp³-hybridized carbons (Fsp3) is 0.263. The Balaban J connectivity index is 1.82. The standard InChI is InChI=1S/C19H21NO4/c1-14-6-3-4-8-17(14)11-20-18(21)13-24-19(22)16-9-5-7-15(10-16)12-23-2/h3-10H,11-13H2,1-2H3,(H,20,21). The van der Waals surface area contributed by atoms with Gasteiger partial charge in [0.1, 0.15) is 0 Å². The van der Waals surface area contributed by atoms with E-state index in [0.29, 0.717) is 18.7 Å². The number of hydrogen-bond acceptors (Lipinski definition) is 4. The molecule has 0 aromatic heterocycles. The molecule has 0 bridgehead atoms. The number of nitrogens with one attached hydrogen (secondary N) is 1. The van der Waals surface area contributed by atoms with Crippen LogP contribution in [0, 0.1) is 6.92 Å². The van der Waals surface area contributed by atoms with Gasteiger partial charge in [-0.05, 0) is 35.7 Å². The molecular formula is C19H21NO4. The zero-order valence-corrected chi connectivity index (χ0v) is 13.9. The van der Waals surface area contributed by atoms with Crippen molar-refractivity contribution in [3.8, 4) is 0 Å². The average molecular weight is 327 g/mol. The lowest BCUT2D eigenvalue weighted by atomic mass is 10.1. The lowest BCUT2D eigenvalue weighted by molar-refractivity contribution is -0.124. The first kappa shape index (κ1) is 17.7. The molecule has 0 saturated heterocycles. The van der Waals surface area contributed by atoms with Gasteiger partial charge < -0.3 is 14.8 Å². The van der Waals surface area contributed by atoms with Gasteiger partial charge >= 0.3 is 5.97 Å². The van der Waals surface area contributed by atoms with Crippen molar-refractivity contribution in [3.05, 3.63) is 70.8 Å². The molecule has 0 spiro atoms. The minimum Gasteiger partial charge on any atom is -0.452 e. The Kier molecular flexibility index (Phi) is 6.51. The van der Waals surface area contributed by atoms with Crippen molar-refractivity contribution in [1.82, 2.24) is 5.32 Å². The zero-order valence-electron chi connectivity index (χ0n) is 13.9. The highest BCUT2D eigenvalue weighted by Crippen LogP contribution is 2.08. The number of amides is 1. The molecule has 1 N–H and O–H groups in total. The highest BCUT2D eigenvalue weighted by atomic mass is 16.5. The quantitative estimate of drug-likeness (QED) is 0.794. The minimum atomic E-state index is -0.529. The smallest absolute Gasteiger partial charge is 0.338 e. The van der Waals surface area contributed by atoms with Crippen molar-refractivity contribution in [3.63, 3.8) is 0 Å². The second kappa shape index (κ2) is 8.84. The summed E-state index contributed by atoms with van der Waals surface area (Å²) < 4.78 is 10.1. The SMILES string of the molecule is COCc1cccc(C(=O)OCC(=O)NCc2ccccc2C)c1. The van der Waals surface area contributed by atoms with E-state index < -0.39 is 5.97 Å². The molecule has 0 atom stereocenters. The van der Waals surface area contributed by atoms with Crippen LogP contribution in [0.4, 0.5) is 0 Å². The zero-order chi connectivity index (χ0) is 17.4. The summed E-state index contributed by atoms with van der Waals surface area (Å²) in [7, 11) is 1.59. The molecule has 5 heteroatoms. The number of carbonyl (C=O) groups excluding carboxylic acids is 2. The van der Waals surface area contributed by atoms with Crippen molar-refractivity contribution in [1.29, 1.82) is 0 Å². The summed E-state index contributed by atoms with van der Waals surface area (Å²) >= 11 is 0. The number of carbonyl (C=O) groups is 2. The number of benzene rings is 2. The van der Waals surface area contributed by atoms with E-state index in [1.807, 2.05) is 37.3 Å². The van der Waals surface area contributed by atoms with E-state index in [1.54, 1.807) is 25.3 Å². The second-order valence-corrected chi connectivity index (χ2v) is 5.41. The molecule has 0 aliphatic rings. The number of hydrogen-bond donors (Lipinski definition) is 1. The molecule has 0 fully saturated rings. The number of rotatable bonds is 7. The minimum absolute atomic E-state index is 0.306. The van der Waals surface area contributed by atoms with Crippen LogP contribution < -0.4 is 5.32 Å². The first-order valence-electron chi connectivity index (χ1n) is 7.66. The van der Waals surface area contributed by atoms with Gasteiger partial charge in [-0.15, -0.1) is 0 Å². The number of aryl methyl sites for hydroxylation is 1. The molecule has 0 aliphatic heterocycles. The van der Waals surface area contributed by atoms with Gasteiger partial charge in [0.25, 0.3) is 5.91 Å². The molecule has 2 aromatic rings. The monoisotopic (exact) mass is 327 g/mol. The molecule has 2 rings (SSSR count). The van der Waals surface area contributed by atoms with E-state index in [-0.39, 0.29) is 12.5 Å². The van der Waals surface area contributed by atoms with Crippen molar-refractivity contribution < 1.29 is 19.1 Å². The van der Waals surface area contributed by atoms with Gasteiger partial charge in [-0.25, -0.2) is 4.79 Å². The Morgan fingerprint density at radius 3 is 2.62 bits per heavy atom. The van der Waals surface area contributed by atoms with Crippen LogP contribution in [0.5, 0.6) is 0 Å². The van der Waals surface area contributed by atoms with Crippen molar-refractivity contribution in [2.75, 3.05) is 13.7 Å². The third kappa shape index (κ3) is 5.21. The summed E-state index contributed by atoms with van der Waals surface area (Å²) in [5.74, 6) is -0.862. The third-order valence-corrected chi connectivity index (χ3v) is 3.55. The summed E-state index contributed by atoms with van der Waals surface area (Å²) in [6.45, 7) is 2.50. The average Bonchev–Trinajstić information content (AvgIpc) is 2.59. The van der Waals surface area contributed by atoms with Gasteiger partial charge in [0, 0.05) is 13.7 Å². The normalized spacial score (nSPS) is 10.2. The van der Waals surface area contributed by atoms with Crippen molar-refractivity contribution in [2.24, 2.45) is 0 Å². The van der Waals surface area contributed by atoms with Crippen LogP contribution in [0.2, 0.25) is 0 Å². The molecular weight excluding hydrogens is 306 g/mol. The van der Waals surface area contributed by atoms with Gasteiger partial charge in [0.05, 0.1) is 12.2 Å². The second-order valence-electron chi connectivity index (χ2n) is 5.41. The molecule has 1 amide bonds. The van der Waals surface area contributed by atoms with Crippen LogP contribution in [0.1, 0.15) is 27.0 Å². The lowest BCUT2D eigenvalue weighted by Crippen LogP contribution is -2.28. The third-order valence-electron chi connectivity index (χ3n) is 3.55. The fourth-order valence-corrected chi connectivity index (χ4v) is 2.22. The molecule has 0 radical (unpaired) electrons. The number of esters is 1. The largest absolute Gasteiger partial charge is 0.452 e. The lowest BCUT2D eigenvalue weighted by Gasteiger charge is -2.09. The molecule has 2 aromatic carbocycles. The first-order chi connectivity index (χ1) is 11.6. The summed E-state index contributed by atoms with van der Waals surface area (Å²) in [6.07, 6.45) is 0. The molecule has 5 nitrogen and oxygen atoms in total. The maximum absolute atomic E-state index is 12.0. The summed E-state index contributed by atoms with van der Waals surface area (Å²) in [4.78, 5) is 23.8. The van der Waals surface area contributed by atoms with Gasteiger partial charge in [-0.1, -0.05) is 36.4 Å². The Labute approximate surface area is 141 Å². The molecule has 0 saturated carbocycles. The van der Waals surface area contributed by atoms with Gasteiger partial charge in [-0.2, -0.15) is 0 Å². The maximum atomic E-state index is 12.0. The molecule has 24 heavy (non-hydrogen) atoms. The summed E-state index contributed by atoms with van der Waals surface area (Å²) in [5, 5.41) is 2.74. The Hall–Kier alpha value is -2.66. The van der Waals surface area contributed by atoms with Crippen LogP contribution in [0.15, 0.2) is 48.5 Å². The van der Waals surface area contributed by atoms with E-state index >= 15 is 0 Å². The maximum Gasteiger partial charge on any atom is 0.338 e. The van der Waals surface area contributed by atoms with Gasteiger partial charge in [-0.3, -0.25) is 4.79 Å². The van der Waals surface area contributed by atoms with E-state index in [2.05, 4.69) is 5.32 Å². The molecule has 0 unspecified atom stereocenters. The van der Waals surface area contributed by atoms with Crippen LogP contribution in [0.3, 0.4) is 0 Å². The highest BCUT2D eigenvalue weighted by Gasteiger charge is 2.11. The number of methoxy groups -OCH3 is 1. The number of ether oxygens (including phenoxy) is 2. The van der Waals surface area contributed by atoms with E-state index in [1.165, 1.54) is 0 Å². The molecule has 0 aliphatic carbocycles. The van der Waals surface area contributed by atoms with Crippen LogP contribution in [-0.2, 0) is 27.4 Å². The van der Waals surface area contributed by atoms with Crippen molar-refractivity contribution in [2.45, 2.75) is 20.1 Å². The molecule has 0 heterocycles. The van der Waals surface area contributed by atoms with E-state index in [9.17, 15) is 9.59 Å². The molecule has 126 valence electrons.